The van der Waals surface area contributed by atoms with Gasteiger partial charge in [-0.05, 0) is 12.5 Å². The van der Waals surface area contributed by atoms with E-state index >= 15 is 0 Å². The highest BCUT2D eigenvalue weighted by Crippen LogP contribution is 2.17. The summed E-state index contributed by atoms with van der Waals surface area (Å²) in [5.41, 5.74) is 3.82. The topological polar surface area (TPSA) is 91.5 Å². The van der Waals surface area contributed by atoms with Crippen molar-refractivity contribution >= 4 is 23.7 Å². The number of rotatable bonds is 6. The maximum Gasteiger partial charge on any atom is 0.229 e. The standard InChI is InChI=1S/C17H19N7/c1-12-4-3-5-13(6-12)8-19-16-14(7-18)9-20-17(23-16)22-15-10-21-24(2)11-15/h3-7,9-11,18H,8H2,1-2H3,(H2,19,20,22,23). The van der Waals surface area contributed by atoms with Crippen LogP contribution in [-0.2, 0) is 13.6 Å². The van der Waals surface area contributed by atoms with Crippen molar-refractivity contribution < 1.29 is 0 Å². The summed E-state index contributed by atoms with van der Waals surface area (Å²) in [6, 6.07) is 8.26. The van der Waals surface area contributed by atoms with E-state index in [1.54, 1.807) is 17.1 Å². The maximum atomic E-state index is 7.52. The molecule has 3 rings (SSSR count). The Bertz CT molecular complexity index is 854. The molecule has 0 saturated heterocycles. The van der Waals surface area contributed by atoms with Crippen molar-refractivity contribution in [1.29, 1.82) is 5.41 Å². The van der Waals surface area contributed by atoms with Crippen molar-refractivity contribution in [3.8, 4) is 0 Å². The molecule has 0 bridgehead atoms. The SMILES string of the molecule is Cc1cccc(CNc2nc(Nc3cnn(C)c3)ncc2C=N)c1. The summed E-state index contributed by atoms with van der Waals surface area (Å²) in [5.74, 6) is 1.08. The lowest BCUT2D eigenvalue weighted by Crippen LogP contribution is -2.07. The fraction of sp³-hybridized carbons (Fsp3) is 0.176. The van der Waals surface area contributed by atoms with Gasteiger partial charge < -0.3 is 16.0 Å². The lowest BCUT2D eigenvalue weighted by Gasteiger charge is -2.10. The average Bonchev–Trinajstić information content (AvgIpc) is 2.98. The molecule has 0 radical (unpaired) electrons. The number of nitrogens with zero attached hydrogens (tertiary/aromatic N) is 4. The molecule has 0 atom stereocenters. The number of hydrogen-bond acceptors (Lipinski definition) is 6. The van der Waals surface area contributed by atoms with Crippen LogP contribution in [-0.4, -0.2) is 26.0 Å². The molecule has 0 aliphatic heterocycles. The Labute approximate surface area is 140 Å². The van der Waals surface area contributed by atoms with Gasteiger partial charge in [0.1, 0.15) is 5.82 Å². The van der Waals surface area contributed by atoms with Crippen molar-refractivity contribution in [2.75, 3.05) is 10.6 Å². The van der Waals surface area contributed by atoms with E-state index in [0.717, 1.165) is 11.3 Å². The summed E-state index contributed by atoms with van der Waals surface area (Å²) in [6.07, 6.45) is 6.41. The van der Waals surface area contributed by atoms with Gasteiger partial charge in [-0.3, -0.25) is 4.68 Å². The number of benzene rings is 1. The molecule has 2 aromatic heterocycles. The first kappa shape index (κ1) is 15.7. The lowest BCUT2D eigenvalue weighted by atomic mass is 10.1. The largest absolute Gasteiger partial charge is 0.365 e. The smallest absolute Gasteiger partial charge is 0.229 e. The zero-order chi connectivity index (χ0) is 16.9. The van der Waals surface area contributed by atoms with E-state index in [1.807, 2.05) is 19.3 Å². The van der Waals surface area contributed by atoms with Gasteiger partial charge in [-0.2, -0.15) is 10.1 Å². The molecule has 0 spiro atoms. The molecule has 3 N–H and O–H groups in total. The zero-order valence-corrected chi connectivity index (χ0v) is 13.6. The molecule has 0 aliphatic rings. The Kier molecular flexibility index (Phi) is 4.51. The molecule has 7 nitrogen and oxygen atoms in total. The maximum absolute atomic E-state index is 7.52. The number of hydrogen-bond donors (Lipinski definition) is 3. The molecule has 0 amide bonds. The van der Waals surface area contributed by atoms with E-state index in [2.05, 4.69) is 50.8 Å². The highest BCUT2D eigenvalue weighted by Gasteiger charge is 2.07. The summed E-state index contributed by atoms with van der Waals surface area (Å²) in [7, 11) is 1.85. The molecule has 122 valence electrons. The molecule has 24 heavy (non-hydrogen) atoms. The summed E-state index contributed by atoms with van der Waals surface area (Å²) < 4.78 is 1.70. The van der Waals surface area contributed by atoms with Crippen molar-refractivity contribution in [3.63, 3.8) is 0 Å². The minimum atomic E-state index is 0.459. The van der Waals surface area contributed by atoms with Crippen LogP contribution in [0.1, 0.15) is 16.7 Å². The molecule has 2 heterocycles. The molecule has 0 unspecified atom stereocenters. The van der Waals surface area contributed by atoms with Crippen LogP contribution in [0.2, 0.25) is 0 Å². The third-order valence-corrected chi connectivity index (χ3v) is 3.48. The third-order valence-electron chi connectivity index (χ3n) is 3.48. The Hall–Kier alpha value is -3.22. The highest BCUT2D eigenvalue weighted by molar-refractivity contribution is 5.84. The number of anilines is 3. The van der Waals surface area contributed by atoms with Crippen LogP contribution < -0.4 is 10.6 Å². The number of aromatic nitrogens is 4. The van der Waals surface area contributed by atoms with Crippen molar-refractivity contribution in [1.82, 2.24) is 19.7 Å². The Morgan fingerprint density at radius 2 is 2.17 bits per heavy atom. The molecule has 0 saturated carbocycles. The fourth-order valence-electron chi connectivity index (χ4n) is 2.32. The number of nitrogens with one attached hydrogen (secondary N) is 3. The molecule has 7 heteroatoms. The van der Waals surface area contributed by atoms with Crippen LogP contribution in [0.5, 0.6) is 0 Å². The van der Waals surface area contributed by atoms with Crippen LogP contribution >= 0.6 is 0 Å². The first-order chi connectivity index (χ1) is 11.6. The van der Waals surface area contributed by atoms with Gasteiger partial charge in [0.25, 0.3) is 0 Å². The molecule has 3 aromatic rings. The van der Waals surface area contributed by atoms with Crippen LogP contribution in [0, 0.1) is 12.3 Å². The normalized spacial score (nSPS) is 10.4. The van der Waals surface area contributed by atoms with Gasteiger partial charge in [-0.25, -0.2) is 4.98 Å². The van der Waals surface area contributed by atoms with E-state index in [1.165, 1.54) is 11.8 Å². The fourth-order valence-corrected chi connectivity index (χ4v) is 2.32. The van der Waals surface area contributed by atoms with Crippen molar-refractivity contribution in [2.24, 2.45) is 7.05 Å². The van der Waals surface area contributed by atoms with Gasteiger partial charge in [0.05, 0.1) is 17.4 Å². The average molecular weight is 321 g/mol. The summed E-state index contributed by atoms with van der Waals surface area (Å²) >= 11 is 0. The molecular formula is C17H19N7. The first-order valence-corrected chi connectivity index (χ1v) is 7.56. The first-order valence-electron chi connectivity index (χ1n) is 7.56. The lowest BCUT2D eigenvalue weighted by molar-refractivity contribution is 0.768. The molecule has 1 aromatic carbocycles. The van der Waals surface area contributed by atoms with Gasteiger partial charge in [0.2, 0.25) is 5.95 Å². The van der Waals surface area contributed by atoms with Gasteiger partial charge in [0, 0.05) is 32.2 Å². The second-order valence-electron chi connectivity index (χ2n) is 5.51. The van der Waals surface area contributed by atoms with Crippen LogP contribution in [0.25, 0.3) is 0 Å². The minimum Gasteiger partial charge on any atom is -0.365 e. The second kappa shape index (κ2) is 6.91. The predicted octanol–water partition coefficient (Wildman–Crippen LogP) is 2.87. The molecular weight excluding hydrogens is 302 g/mol. The summed E-state index contributed by atoms with van der Waals surface area (Å²) in [6.45, 7) is 2.69. The third kappa shape index (κ3) is 3.75. The van der Waals surface area contributed by atoms with Gasteiger partial charge in [0.15, 0.2) is 0 Å². The second-order valence-corrected chi connectivity index (χ2v) is 5.51. The Morgan fingerprint density at radius 3 is 2.88 bits per heavy atom. The van der Waals surface area contributed by atoms with Gasteiger partial charge >= 0.3 is 0 Å². The van der Waals surface area contributed by atoms with Crippen molar-refractivity contribution in [3.05, 3.63) is 59.5 Å². The highest BCUT2D eigenvalue weighted by atomic mass is 15.3. The molecule has 0 aliphatic carbocycles. The predicted molar refractivity (Wildman–Crippen MR) is 94.9 cm³/mol. The van der Waals surface area contributed by atoms with Gasteiger partial charge in [-0.15, -0.1) is 0 Å². The summed E-state index contributed by atoms with van der Waals surface area (Å²) in [5, 5.41) is 18.0. The van der Waals surface area contributed by atoms with E-state index in [4.69, 9.17) is 5.41 Å². The monoisotopic (exact) mass is 321 g/mol. The molecule has 0 fully saturated rings. The zero-order valence-electron chi connectivity index (χ0n) is 13.6. The van der Waals surface area contributed by atoms with E-state index < -0.39 is 0 Å². The quantitative estimate of drug-likeness (QED) is 0.607. The van der Waals surface area contributed by atoms with Gasteiger partial charge in [-0.1, -0.05) is 29.8 Å². The summed E-state index contributed by atoms with van der Waals surface area (Å²) in [4.78, 5) is 8.70. The van der Waals surface area contributed by atoms with Crippen LogP contribution in [0.4, 0.5) is 17.5 Å². The van der Waals surface area contributed by atoms with Crippen LogP contribution in [0.3, 0.4) is 0 Å². The Balaban J connectivity index is 1.77. The van der Waals surface area contributed by atoms with Crippen molar-refractivity contribution in [2.45, 2.75) is 13.5 Å². The Morgan fingerprint density at radius 1 is 1.29 bits per heavy atom. The van der Waals surface area contributed by atoms with E-state index in [-0.39, 0.29) is 0 Å². The van der Waals surface area contributed by atoms with E-state index in [0.29, 0.717) is 23.9 Å². The minimum absolute atomic E-state index is 0.459. The van der Waals surface area contributed by atoms with Crippen LogP contribution in [0.15, 0.2) is 42.9 Å². The number of aryl methyl sites for hydroxylation is 2. The van der Waals surface area contributed by atoms with E-state index in [9.17, 15) is 0 Å².